The molecule has 0 aromatic heterocycles. The molecule has 1 aliphatic rings. The van der Waals surface area contributed by atoms with Crippen LogP contribution in [0.25, 0.3) is 0 Å². The molecule has 1 fully saturated rings. The lowest BCUT2D eigenvalue weighted by atomic mass is 10.1. The van der Waals surface area contributed by atoms with E-state index in [0.717, 1.165) is 31.5 Å². The maximum absolute atomic E-state index is 12.8. The van der Waals surface area contributed by atoms with Crippen molar-refractivity contribution in [3.05, 3.63) is 66.2 Å². The van der Waals surface area contributed by atoms with Gasteiger partial charge in [0.1, 0.15) is 11.8 Å². The monoisotopic (exact) mass is 338 g/mol. The summed E-state index contributed by atoms with van der Waals surface area (Å²) in [6.07, 6.45) is 2.02. The van der Waals surface area contributed by atoms with Crippen molar-refractivity contribution in [1.29, 1.82) is 0 Å². The number of likely N-dealkylation sites (tertiary alicyclic amines) is 1. The first kappa shape index (κ1) is 17.0. The SMILES string of the molecule is O=C(COc1ccccc1)N[C@H](C(=O)N1CCCC1)c1ccccc1. The van der Waals surface area contributed by atoms with Gasteiger partial charge in [-0.2, -0.15) is 0 Å². The second-order valence-corrected chi connectivity index (χ2v) is 6.05. The summed E-state index contributed by atoms with van der Waals surface area (Å²) in [4.78, 5) is 27.0. The molecule has 5 heteroatoms. The summed E-state index contributed by atoms with van der Waals surface area (Å²) in [5, 5.41) is 2.83. The van der Waals surface area contributed by atoms with Gasteiger partial charge in [0.15, 0.2) is 6.61 Å². The number of nitrogens with one attached hydrogen (secondary N) is 1. The number of ether oxygens (including phenoxy) is 1. The Morgan fingerprint density at radius 2 is 1.56 bits per heavy atom. The first-order chi connectivity index (χ1) is 12.2. The van der Waals surface area contributed by atoms with Gasteiger partial charge < -0.3 is 15.0 Å². The van der Waals surface area contributed by atoms with Gasteiger partial charge in [0.25, 0.3) is 5.91 Å². The number of amides is 2. The summed E-state index contributed by atoms with van der Waals surface area (Å²) >= 11 is 0. The van der Waals surface area contributed by atoms with Gasteiger partial charge in [-0.15, -0.1) is 0 Å². The molecular formula is C20H22N2O3. The fourth-order valence-corrected chi connectivity index (χ4v) is 2.92. The Labute approximate surface area is 147 Å². The summed E-state index contributed by atoms with van der Waals surface area (Å²) in [6, 6.07) is 17.8. The molecule has 3 rings (SSSR count). The van der Waals surface area contributed by atoms with E-state index >= 15 is 0 Å². The van der Waals surface area contributed by atoms with E-state index < -0.39 is 6.04 Å². The molecule has 1 saturated heterocycles. The average Bonchev–Trinajstić information content (AvgIpc) is 3.20. The quantitative estimate of drug-likeness (QED) is 0.880. The Bertz CT molecular complexity index is 697. The van der Waals surface area contributed by atoms with Crippen LogP contribution in [-0.2, 0) is 9.59 Å². The Morgan fingerprint density at radius 1 is 0.960 bits per heavy atom. The van der Waals surface area contributed by atoms with Gasteiger partial charge in [0.05, 0.1) is 0 Å². The Kier molecular flexibility index (Phi) is 5.67. The summed E-state index contributed by atoms with van der Waals surface area (Å²) in [6.45, 7) is 1.37. The molecule has 0 radical (unpaired) electrons. The summed E-state index contributed by atoms with van der Waals surface area (Å²) in [5.41, 5.74) is 0.785. The third-order valence-electron chi connectivity index (χ3n) is 4.22. The third-order valence-corrected chi connectivity index (χ3v) is 4.22. The zero-order valence-electron chi connectivity index (χ0n) is 14.1. The van der Waals surface area contributed by atoms with Gasteiger partial charge in [-0.25, -0.2) is 0 Å². The minimum atomic E-state index is -0.675. The highest BCUT2D eigenvalue weighted by Crippen LogP contribution is 2.19. The van der Waals surface area contributed by atoms with Crippen LogP contribution in [0.2, 0.25) is 0 Å². The van der Waals surface area contributed by atoms with E-state index in [4.69, 9.17) is 4.74 Å². The lowest BCUT2D eigenvalue weighted by Crippen LogP contribution is -2.43. The van der Waals surface area contributed by atoms with Crippen LogP contribution >= 0.6 is 0 Å². The van der Waals surface area contributed by atoms with E-state index in [1.165, 1.54) is 0 Å². The molecule has 2 amide bonds. The first-order valence-electron chi connectivity index (χ1n) is 8.55. The molecule has 0 saturated carbocycles. The molecule has 5 nitrogen and oxygen atoms in total. The van der Waals surface area contributed by atoms with Crippen molar-refractivity contribution in [2.24, 2.45) is 0 Å². The number of hydrogen-bond donors (Lipinski definition) is 1. The van der Waals surface area contributed by atoms with E-state index in [1.54, 1.807) is 12.1 Å². The second-order valence-electron chi connectivity index (χ2n) is 6.05. The number of nitrogens with zero attached hydrogens (tertiary/aromatic N) is 1. The zero-order valence-corrected chi connectivity index (χ0v) is 14.1. The van der Waals surface area contributed by atoms with Crippen LogP contribution in [0.4, 0.5) is 0 Å². The van der Waals surface area contributed by atoms with Gasteiger partial charge in [0, 0.05) is 13.1 Å². The van der Waals surface area contributed by atoms with Crippen LogP contribution in [0.1, 0.15) is 24.4 Å². The molecular weight excluding hydrogens is 316 g/mol. The molecule has 130 valence electrons. The number of rotatable bonds is 6. The topological polar surface area (TPSA) is 58.6 Å². The smallest absolute Gasteiger partial charge is 0.258 e. The van der Waals surface area contributed by atoms with Gasteiger partial charge >= 0.3 is 0 Å². The number of para-hydroxylation sites is 1. The Morgan fingerprint density at radius 3 is 2.20 bits per heavy atom. The number of carbonyl (C=O) groups is 2. The minimum absolute atomic E-state index is 0.0586. The predicted octanol–water partition coefficient (Wildman–Crippen LogP) is 2.55. The summed E-state index contributed by atoms with van der Waals surface area (Å²) in [5.74, 6) is 0.252. The molecule has 0 spiro atoms. The fraction of sp³-hybridized carbons (Fsp3) is 0.300. The average molecular weight is 338 g/mol. The third kappa shape index (κ3) is 4.59. The highest BCUT2D eigenvalue weighted by atomic mass is 16.5. The van der Waals surface area contributed by atoms with Crippen LogP contribution in [0, 0.1) is 0 Å². The van der Waals surface area contributed by atoms with Crippen molar-refractivity contribution in [2.45, 2.75) is 18.9 Å². The second kappa shape index (κ2) is 8.33. The minimum Gasteiger partial charge on any atom is -0.484 e. The van der Waals surface area contributed by atoms with E-state index in [9.17, 15) is 9.59 Å². The van der Waals surface area contributed by atoms with Crippen LogP contribution in [0.3, 0.4) is 0 Å². The van der Waals surface area contributed by atoms with E-state index in [2.05, 4.69) is 5.32 Å². The zero-order chi connectivity index (χ0) is 17.5. The molecule has 2 aromatic carbocycles. The van der Waals surface area contributed by atoms with Crippen molar-refractivity contribution in [2.75, 3.05) is 19.7 Å². The van der Waals surface area contributed by atoms with Gasteiger partial charge in [-0.05, 0) is 30.5 Å². The van der Waals surface area contributed by atoms with Crippen molar-refractivity contribution in [3.63, 3.8) is 0 Å². The van der Waals surface area contributed by atoms with E-state index in [-0.39, 0.29) is 18.4 Å². The van der Waals surface area contributed by atoms with Crippen molar-refractivity contribution >= 4 is 11.8 Å². The number of hydrogen-bond acceptors (Lipinski definition) is 3. The van der Waals surface area contributed by atoms with Crippen LogP contribution in [0.5, 0.6) is 5.75 Å². The fourth-order valence-electron chi connectivity index (χ4n) is 2.92. The van der Waals surface area contributed by atoms with Crippen molar-refractivity contribution < 1.29 is 14.3 Å². The lowest BCUT2D eigenvalue weighted by molar-refractivity contribution is -0.136. The molecule has 1 atom stereocenters. The van der Waals surface area contributed by atoms with Crippen LogP contribution in [-0.4, -0.2) is 36.4 Å². The molecule has 1 aliphatic heterocycles. The van der Waals surface area contributed by atoms with E-state index in [1.807, 2.05) is 53.4 Å². The Hall–Kier alpha value is -2.82. The van der Waals surface area contributed by atoms with Crippen LogP contribution < -0.4 is 10.1 Å². The number of carbonyl (C=O) groups excluding carboxylic acids is 2. The molecule has 0 aliphatic carbocycles. The van der Waals surface area contributed by atoms with Crippen LogP contribution in [0.15, 0.2) is 60.7 Å². The maximum atomic E-state index is 12.8. The largest absolute Gasteiger partial charge is 0.484 e. The van der Waals surface area contributed by atoms with Crippen molar-refractivity contribution in [1.82, 2.24) is 10.2 Å². The van der Waals surface area contributed by atoms with Gasteiger partial charge in [-0.1, -0.05) is 48.5 Å². The Balaban J connectivity index is 1.66. The highest BCUT2D eigenvalue weighted by molar-refractivity contribution is 5.89. The molecule has 2 aromatic rings. The molecule has 25 heavy (non-hydrogen) atoms. The maximum Gasteiger partial charge on any atom is 0.258 e. The van der Waals surface area contributed by atoms with E-state index in [0.29, 0.717) is 5.75 Å². The standard InChI is InChI=1S/C20H22N2O3/c23-18(15-25-17-11-5-2-6-12-17)21-19(16-9-3-1-4-10-16)20(24)22-13-7-8-14-22/h1-6,9-12,19H,7-8,13-15H2,(H,21,23)/t19-/m0/s1. The van der Waals surface area contributed by atoms with Crippen molar-refractivity contribution in [3.8, 4) is 5.75 Å². The highest BCUT2D eigenvalue weighted by Gasteiger charge is 2.29. The lowest BCUT2D eigenvalue weighted by Gasteiger charge is -2.24. The first-order valence-corrected chi connectivity index (χ1v) is 8.55. The number of benzene rings is 2. The summed E-state index contributed by atoms with van der Waals surface area (Å²) < 4.78 is 5.47. The molecule has 0 unspecified atom stereocenters. The normalized spacial score (nSPS) is 14.8. The molecule has 0 bridgehead atoms. The molecule has 1 N–H and O–H groups in total. The predicted molar refractivity (Wildman–Crippen MR) is 95.1 cm³/mol. The van der Waals surface area contributed by atoms with Gasteiger partial charge in [-0.3, -0.25) is 9.59 Å². The molecule has 1 heterocycles. The summed E-state index contributed by atoms with van der Waals surface area (Å²) in [7, 11) is 0. The van der Waals surface area contributed by atoms with Gasteiger partial charge in [0.2, 0.25) is 5.91 Å².